The molecule has 0 amide bonds. The van der Waals surface area contributed by atoms with Crippen LogP contribution in [0.2, 0.25) is 0 Å². The predicted octanol–water partition coefficient (Wildman–Crippen LogP) is 3.34. The average Bonchev–Trinajstić information content (AvgIpc) is 2.37. The van der Waals surface area contributed by atoms with Gasteiger partial charge in [0.05, 0.1) is 6.10 Å². The number of aliphatic hydroxyl groups excluding tert-OH is 1. The van der Waals surface area contributed by atoms with Crippen molar-refractivity contribution in [3.05, 3.63) is 0 Å². The highest BCUT2D eigenvalue weighted by atomic mass is 16.3. The number of nitrogens with one attached hydrogen (secondary N) is 1. The van der Waals surface area contributed by atoms with Gasteiger partial charge in [0.15, 0.2) is 0 Å². The van der Waals surface area contributed by atoms with Crippen molar-refractivity contribution in [2.24, 2.45) is 11.3 Å². The maximum Gasteiger partial charge on any atom is 0.0669 e. The smallest absolute Gasteiger partial charge is 0.0669 e. The Labute approximate surface area is 107 Å². The summed E-state index contributed by atoms with van der Waals surface area (Å²) in [6, 6.07) is 0.634. The Hall–Kier alpha value is -0.0800. The van der Waals surface area contributed by atoms with E-state index in [9.17, 15) is 5.11 Å². The lowest BCUT2D eigenvalue weighted by molar-refractivity contribution is 0.115. The Bertz CT molecular complexity index is 209. The van der Waals surface area contributed by atoms with Gasteiger partial charge >= 0.3 is 0 Å². The van der Waals surface area contributed by atoms with Crippen LogP contribution in [0.4, 0.5) is 0 Å². The minimum Gasteiger partial charge on any atom is -0.392 e. The standard InChI is InChI=1S/C15H31NO/c1-12-6-5-7-13(9-8-12)16-11-14(17)10-15(2,3)4/h12-14,16-17H,5-11H2,1-4H3. The molecule has 0 spiro atoms. The molecule has 0 radical (unpaired) electrons. The van der Waals surface area contributed by atoms with Gasteiger partial charge in [0.2, 0.25) is 0 Å². The van der Waals surface area contributed by atoms with Crippen LogP contribution in [0.3, 0.4) is 0 Å². The molecule has 3 atom stereocenters. The summed E-state index contributed by atoms with van der Waals surface area (Å²) in [5, 5.41) is 13.5. The summed E-state index contributed by atoms with van der Waals surface area (Å²) >= 11 is 0. The van der Waals surface area contributed by atoms with Crippen LogP contribution >= 0.6 is 0 Å². The summed E-state index contributed by atoms with van der Waals surface area (Å²) in [5.41, 5.74) is 0.221. The molecule has 0 heterocycles. The largest absolute Gasteiger partial charge is 0.392 e. The molecule has 1 aliphatic rings. The average molecular weight is 241 g/mol. The van der Waals surface area contributed by atoms with Crippen LogP contribution in [0.1, 0.15) is 66.2 Å². The van der Waals surface area contributed by atoms with Crippen molar-refractivity contribution < 1.29 is 5.11 Å². The quantitative estimate of drug-likeness (QED) is 0.740. The van der Waals surface area contributed by atoms with Gasteiger partial charge in [-0.2, -0.15) is 0 Å². The molecule has 2 nitrogen and oxygen atoms in total. The Kier molecular flexibility index (Phi) is 5.94. The van der Waals surface area contributed by atoms with Crippen molar-refractivity contribution >= 4 is 0 Å². The summed E-state index contributed by atoms with van der Waals surface area (Å²) in [4.78, 5) is 0. The molecule has 0 aromatic rings. The summed E-state index contributed by atoms with van der Waals surface area (Å²) in [6.45, 7) is 9.67. The van der Waals surface area contributed by atoms with E-state index >= 15 is 0 Å². The molecule has 1 rings (SSSR count). The van der Waals surface area contributed by atoms with Crippen molar-refractivity contribution in [3.8, 4) is 0 Å². The molecule has 102 valence electrons. The monoisotopic (exact) mass is 241 g/mol. The van der Waals surface area contributed by atoms with Crippen molar-refractivity contribution in [2.45, 2.75) is 78.4 Å². The fraction of sp³-hybridized carbons (Fsp3) is 1.00. The highest BCUT2D eigenvalue weighted by Crippen LogP contribution is 2.23. The molecular weight excluding hydrogens is 210 g/mol. The minimum absolute atomic E-state index is 0.198. The third-order valence-corrected chi connectivity index (χ3v) is 3.75. The van der Waals surface area contributed by atoms with Crippen LogP contribution in [0.25, 0.3) is 0 Å². The van der Waals surface area contributed by atoms with E-state index in [0.29, 0.717) is 6.04 Å². The topological polar surface area (TPSA) is 32.3 Å². The molecule has 2 heteroatoms. The molecule has 3 unspecified atom stereocenters. The second kappa shape index (κ2) is 6.75. The second-order valence-electron chi connectivity index (χ2n) is 7.14. The van der Waals surface area contributed by atoms with Gasteiger partial charge in [0, 0.05) is 12.6 Å². The first kappa shape index (κ1) is 15.0. The van der Waals surface area contributed by atoms with E-state index in [1.54, 1.807) is 0 Å². The highest BCUT2D eigenvalue weighted by Gasteiger charge is 2.19. The second-order valence-corrected chi connectivity index (χ2v) is 7.14. The van der Waals surface area contributed by atoms with E-state index < -0.39 is 0 Å². The molecule has 0 aliphatic heterocycles. The van der Waals surface area contributed by atoms with E-state index in [1.165, 1.54) is 32.1 Å². The Morgan fingerprint density at radius 1 is 1.18 bits per heavy atom. The summed E-state index contributed by atoms with van der Waals surface area (Å²) in [6.07, 6.45) is 7.30. The third-order valence-electron chi connectivity index (χ3n) is 3.75. The SMILES string of the molecule is CC1CCCC(NCC(O)CC(C)(C)C)CC1. The van der Waals surface area contributed by atoms with E-state index in [0.717, 1.165) is 18.9 Å². The number of hydrogen-bond acceptors (Lipinski definition) is 2. The molecule has 0 saturated heterocycles. The fourth-order valence-corrected chi connectivity index (χ4v) is 2.77. The van der Waals surface area contributed by atoms with Gasteiger partial charge in [-0.25, -0.2) is 0 Å². The molecule has 0 aromatic heterocycles. The van der Waals surface area contributed by atoms with E-state index in [4.69, 9.17) is 0 Å². The predicted molar refractivity (Wildman–Crippen MR) is 74.1 cm³/mol. The summed E-state index contributed by atoms with van der Waals surface area (Å²) in [5.74, 6) is 0.890. The van der Waals surface area contributed by atoms with E-state index in [-0.39, 0.29) is 11.5 Å². The highest BCUT2D eigenvalue weighted by molar-refractivity contribution is 4.76. The number of aliphatic hydroxyl groups is 1. The van der Waals surface area contributed by atoms with Crippen LogP contribution in [0.5, 0.6) is 0 Å². The number of rotatable bonds is 4. The van der Waals surface area contributed by atoms with Crippen LogP contribution < -0.4 is 5.32 Å². The van der Waals surface area contributed by atoms with Crippen LogP contribution in [-0.4, -0.2) is 23.8 Å². The van der Waals surface area contributed by atoms with Crippen LogP contribution in [0.15, 0.2) is 0 Å². The first-order valence-electron chi connectivity index (χ1n) is 7.28. The maximum atomic E-state index is 9.98. The van der Waals surface area contributed by atoms with Crippen LogP contribution in [0, 0.1) is 11.3 Å². The molecule has 0 bridgehead atoms. The summed E-state index contributed by atoms with van der Waals surface area (Å²) in [7, 11) is 0. The van der Waals surface area contributed by atoms with Crippen molar-refractivity contribution in [1.82, 2.24) is 5.32 Å². The van der Waals surface area contributed by atoms with Gasteiger partial charge in [-0.3, -0.25) is 0 Å². The van der Waals surface area contributed by atoms with Crippen LogP contribution in [-0.2, 0) is 0 Å². The minimum atomic E-state index is -0.198. The first-order valence-corrected chi connectivity index (χ1v) is 7.28. The zero-order valence-corrected chi connectivity index (χ0v) is 12.1. The zero-order valence-electron chi connectivity index (χ0n) is 12.1. The Balaban J connectivity index is 2.21. The molecule has 0 aromatic carbocycles. The lowest BCUT2D eigenvalue weighted by Crippen LogP contribution is -2.36. The first-order chi connectivity index (χ1) is 7.87. The Morgan fingerprint density at radius 3 is 2.53 bits per heavy atom. The van der Waals surface area contributed by atoms with E-state index in [2.05, 4.69) is 33.0 Å². The zero-order chi connectivity index (χ0) is 12.9. The summed E-state index contributed by atoms with van der Waals surface area (Å²) < 4.78 is 0. The molecule has 1 aliphatic carbocycles. The molecule has 1 fully saturated rings. The fourth-order valence-electron chi connectivity index (χ4n) is 2.77. The van der Waals surface area contributed by atoms with Gasteiger partial charge in [-0.05, 0) is 37.0 Å². The van der Waals surface area contributed by atoms with Gasteiger partial charge < -0.3 is 10.4 Å². The third kappa shape index (κ3) is 7.05. The number of hydrogen-bond donors (Lipinski definition) is 2. The Morgan fingerprint density at radius 2 is 1.88 bits per heavy atom. The molecular formula is C15H31NO. The maximum absolute atomic E-state index is 9.98. The van der Waals surface area contributed by atoms with Gasteiger partial charge in [-0.1, -0.05) is 40.5 Å². The van der Waals surface area contributed by atoms with Crippen molar-refractivity contribution in [2.75, 3.05) is 6.54 Å². The van der Waals surface area contributed by atoms with Gasteiger partial charge in [0.1, 0.15) is 0 Å². The normalized spacial score (nSPS) is 28.8. The lowest BCUT2D eigenvalue weighted by atomic mass is 9.89. The lowest BCUT2D eigenvalue weighted by Gasteiger charge is -2.24. The molecule has 1 saturated carbocycles. The molecule has 2 N–H and O–H groups in total. The van der Waals surface area contributed by atoms with Crippen molar-refractivity contribution in [1.29, 1.82) is 0 Å². The van der Waals surface area contributed by atoms with Gasteiger partial charge in [0.25, 0.3) is 0 Å². The molecule has 17 heavy (non-hydrogen) atoms. The van der Waals surface area contributed by atoms with E-state index in [1.807, 2.05) is 0 Å². The van der Waals surface area contributed by atoms with Crippen molar-refractivity contribution in [3.63, 3.8) is 0 Å². The van der Waals surface area contributed by atoms with Gasteiger partial charge in [-0.15, -0.1) is 0 Å².